The van der Waals surface area contributed by atoms with Crippen LogP contribution in [0.2, 0.25) is 0 Å². The van der Waals surface area contributed by atoms with Crippen molar-refractivity contribution in [2.45, 2.75) is 11.4 Å². The number of sulfone groups is 1. The quantitative estimate of drug-likeness (QED) is 0.900. The van der Waals surface area contributed by atoms with Gasteiger partial charge < -0.3 is 10.4 Å². The first-order valence-corrected chi connectivity index (χ1v) is 7.67. The molecule has 0 spiro atoms. The van der Waals surface area contributed by atoms with Crippen LogP contribution in [0.25, 0.3) is 0 Å². The minimum absolute atomic E-state index is 0.239. The van der Waals surface area contributed by atoms with Crippen LogP contribution in [-0.4, -0.2) is 19.8 Å². The standard InChI is InChI=1S/C14H15NO3S/c1-19(17,18)13-8-6-12(7-9-13)15-10-11-4-2-3-5-14(11)16/h2-9,15-16H,10H2,1H3. The zero-order valence-corrected chi connectivity index (χ0v) is 11.3. The highest BCUT2D eigenvalue weighted by Gasteiger charge is 2.06. The maximum atomic E-state index is 11.3. The van der Waals surface area contributed by atoms with E-state index in [1.54, 1.807) is 36.4 Å². The number of aromatic hydroxyl groups is 1. The summed E-state index contributed by atoms with van der Waals surface area (Å²) in [5, 5.41) is 12.7. The van der Waals surface area contributed by atoms with Gasteiger partial charge in [-0.1, -0.05) is 18.2 Å². The third kappa shape index (κ3) is 3.48. The Morgan fingerprint density at radius 2 is 1.68 bits per heavy atom. The monoisotopic (exact) mass is 277 g/mol. The van der Waals surface area contributed by atoms with Crippen LogP contribution in [0.3, 0.4) is 0 Å². The normalized spacial score (nSPS) is 11.2. The Bertz CT molecular complexity index is 663. The van der Waals surface area contributed by atoms with Gasteiger partial charge in [0.05, 0.1) is 4.90 Å². The van der Waals surface area contributed by atoms with Crippen molar-refractivity contribution in [3.8, 4) is 5.75 Å². The Morgan fingerprint density at radius 1 is 1.05 bits per heavy atom. The van der Waals surface area contributed by atoms with E-state index in [4.69, 9.17) is 0 Å². The Labute approximate surface area is 112 Å². The number of hydrogen-bond donors (Lipinski definition) is 2. The highest BCUT2D eigenvalue weighted by atomic mass is 32.2. The zero-order valence-electron chi connectivity index (χ0n) is 10.5. The average Bonchev–Trinajstić information content (AvgIpc) is 2.37. The molecule has 2 aromatic carbocycles. The first-order chi connectivity index (χ1) is 8.97. The van der Waals surface area contributed by atoms with E-state index >= 15 is 0 Å². The van der Waals surface area contributed by atoms with Gasteiger partial charge in [0.1, 0.15) is 5.75 Å². The van der Waals surface area contributed by atoms with Gasteiger partial charge in [-0.05, 0) is 30.3 Å². The lowest BCUT2D eigenvalue weighted by molar-refractivity contribution is 0.469. The molecular formula is C14H15NO3S. The number of hydrogen-bond acceptors (Lipinski definition) is 4. The van der Waals surface area contributed by atoms with Gasteiger partial charge in [0, 0.05) is 24.1 Å². The van der Waals surface area contributed by atoms with Gasteiger partial charge in [0.25, 0.3) is 0 Å². The van der Waals surface area contributed by atoms with Gasteiger partial charge in [-0.3, -0.25) is 0 Å². The van der Waals surface area contributed by atoms with Crippen molar-refractivity contribution in [2.75, 3.05) is 11.6 Å². The highest BCUT2D eigenvalue weighted by Crippen LogP contribution is 2.18. The molecule has 0 aliphatic rings. The molecule has 0 aromatic heterocycles. The van der Waals surface area contributed by atoms with Crippen LogP contribution in [0.1, 0.15) is 5.56 Å². The topological polar surface area (TPSA) is 66.4 Å². The lowest BCUT2D eigenvalue weighted by atomic mass is 10.2. The predicted molar refractivity (Wildman–Crippen MR) is 75.0 cm³/mol. The van der Waals surface area contributed by atoms with E-state index in [0.717, 1.165) is 11.3 Å². The van der Waals surface area contributed by atoms with Gasteiger partial charge >= 0.3 is 0 Å². The number of phenols is 1. The van der Waals surface area contributed by atoms with E-state index in [1.165, 1.54) is 6.26 Å². The van der Waals surface area contributed by atoms with Gasteiger partial charge in [-0.15, -0.1) is 0 Å². The summed E-state index contributed by atoms with van der Waals surface area (Å²) in [6.45, 7) is 0.477. The summed E-state index contributed by atoms with van der Waals surface area (Å²) in [5.41, 5.74) is 1.59. The van der Waals surface area contributed by atoms with Gasteiger partial charge in [0.15, 0.2) is 9.84 Å². The molecule has 4 nitrogen and oxygen atoms in total. The van der Waals surface area contributed by atoms with Crippen molar-refractivity contribution in [2.24, 2.45) is 0 Å². The van der Waals surface area contributed by atoms with Crippen molar-refractivity contribution in [1.82, 2.24) is 0 Å². The summed E-state index contributed by atoms with van der Waals surface area (Å²) in [5.74, 6) is 0.239. The van der Waals surface area contributed by atoms with Crippen molar-refractivity contribution in [1.29, 1.82) is 0 Å². The minimum Gasteiger partial charge on any atom is -0.508 e. The van der Waals surface area contributed by atoms with Crippen molar-refractivity contribution < 1.29 is 13.5 Å². The van der Waals surface area contributed by atoms with Gasteiger partial charge in [-0.25, -0.2) is 8.42 Å². The molecule has 2 rings (SSSR count). The molecule has 0 saturated carbocycles. The van der Waals surface area contributed by atoms with Crippen LogP contribution in [0.15, 0.2) is 53.4 Å². The maximum absolute atomic E-state index is 11.3. The maximum Gasteiger partial charge on any atom is 0.175 e. The van der Waals surface area contributed by atoms with Crippen molar-refractivity contribution in [3.63, 3.8) is 0 Å². The third-order valence-corrected chi connectivity index (χ3v) is 3.89. The Kier molecular flexibility index (Phi) is 3.76. The fourth-order valence-electron chi connectivity index (χ4n) is 1.68. The molecule has 5 heteroatoms. The largest absolute Gasteiger partial charge is 0.508 e. The van der Waals surface area contributed by atoms with Crippen LogP contribution >= 0.6 is 0 Å². The number of para-hydroxylation sites is 1. The van der Waals surface area contributed by atoms with Crippen molar-refractivity contribution >= 4 is 15.5 Å². The van der Waals surface area contributed by atoms with E-state index in [2.05, 4.69) is 5.32 Å². The molecule has 0 bridgehead atoms. The van der Waals surface area contributed by atoms with E-state index in [9.17, 15) is 13.5 Å². The van der Waals surface area contributed by atoms with Crippen LogP contribution in [0.4, 0.5) is 5.69 Å². The average molecular weight is 277 g/mol. The van der Waals surface area contributed by atoms with E-state index < -0.39 is 9.84 Å². The lowest BCUT2D eigenvalue weighted by Crippen LogP contribution is -2.01. The zero-order chi connectivity index (χ0) is 13.9. The second-order valence-corrected chi connectivity index (χ2v) is 6.29. The third-order valence-electron chi connectivity index (χ3n) is 2.76. The SMILES string of the molecule is CS(=O)(=O)c1ccc(NCc2ccccc2O)cc1. The molecule has 0 aliphatic carbocycles. The Hall–Kier alpha value is -2.01. The molecule has 0 saturated heterocycles. The van der Waals surface area contributed by atoms with Gasteiger partial charge in [0.2, 0.25) is 0 Å². The van der Waals surface area contributed by atoms with Crippen LogP contribution < -0.4 is 5.32 Å². The molecule has 0 radical (unpaired) electrons. The number of nitrogens with one attached hydrogen (secondary N) is 1. The molecule has 19 heavy (non-hydrogen) atoms. The van der Waals surface area contributed by atoms with E-state index in [0.29, 0.717) is 11.4 Å². The molecular weight excluding hydrogens is 262 g/mol. The number of phenolic OH excluding ortho intramolecular Hbond substituents is 1. The minimum atomic E-state index is -3.16. The first-order valence-electron chi connectivity index (χ1n) is 5.78. The smallest absolute Gasteiger partial charge is 0.175 e. The fourth-order valence-corrected chi connectivity index (χ4v) is 2.31. The van der Waals surface area contributed by atoms with E-state index in [-0.39, 0.29) is 5.75 Å². The summed E-state index contributed by atoms with van der Waals surface area (Å²) in [6, 6.07) is 13.6. The van der Waals surface area contributed by atoms with Crippen LogP contribution in [0.5, 0.6) is 5.75 Å². The van der Waals surface area contributed by atoms with E-state index in [1.807, 2.05) is 12.1 Å². The Balaban J connectivity index is 2.07. The summed E-state index contributed by atoms with van der Waals surface area (Å²) in [7, 11) is -3.16. The molecule has 0 amide bonds. The van der Waals surface area contributed by atoms with Crippen LogP contribution in [0, 0.1) is 0 Å². The fraction of sp³-hybridized carbons (Fsp3) is 0.143. The predicted octanol–water partition coefficient (Wildman–Crippen LogP) is 2.41. The molecule has 2 aromatic rings. The first kappa shape index (κ1) is 13.4. The molecule has 2 N–H and O–H groups in total. The molecule has 100 valence electrons. The number of benzene rings is 2. The second kappa shape index (κ2) is 5.32. The van der Waals surface area contributed by atoms with Gasteiger partial charge in [-0.2, -0.15) is 0 Å². The summed E-state index contributed by atoms with van der Waals surface area (Å²) >= 11 is 0. The number of anilines is 1. The molecule has 0 heterocycles. The number of rotatable bonds is 4. The molecule has 0 atom stereocenters. The molecule has 0 fully saturated rings. The van der Waals surface area contributed by atoms with Crippen LogP contribution in [-0.2, 0) is 16.4 Å². The molecule has 0 aliphatic heterocycles. The van der Waals surface area contributed by atoms with Crippen molar-refractivity contribution in [3.05, 3.63) is 54.1 Å². The molecule has 0 unspecified atom stereocenters. The second-order valence-electron chi connectivity index (χ2n) is 4.28. The lowest BCUT2D eigenvalue weighted by Gasteiger charge is -2.08. The summed E-state index contributed by atoms with van der Waals surface area (Å²) < 4.78 is 22.6. The summed E-state index contributed by atoms with van der Waals surface area (Å²) in [6.07, 6.45) is 1.18. The summed E-state index contributed by atoms with van der Waals surface area (Å²) in [4.78, 5) is 0.292. The highest BCUT2D eigenvalue weighted by molar-refractivity contribution is 7.90. The Morgan fingerprint density at radius 3 is 2.26 bits per heavy atom.